The van der Waals surface area contributed by atoms with Gasteiger partial charge in [0.05, 0.1) is 24.4 Å². The third kappa shape index (κ3) is 2.00. The fraction of sp³-hybridized carbons (Fsp3) is 0.273. The highest BCUT2D eigenvalue weighted by Gasteiger charge is 2.18. The summed E-state index contributed by atoms with van der Waals surface area (Å²) in [5.74, 6) is 1.22. The lowest BCUT2D eigenvalue weighted by Gasteiger charge is -2.04. The first-order chi connectivity index (χ1) is 8.76. The molecule has 0 amide bonds. The summed E-state index contributed by atoms with van der Waals surface area (Å²) in [4.78, 5) is 0. The lowest BCUT2D eigenvalue weighted by atomic mass is 10.2. The van der Waals surface area contributed by atoms with Gasteiger partial charge < -0.3 is 14.6 Å². The Morgan fingerprint density at radius 2 is 2.28 bits per heavy atom. The highest BCUT2D eigenvalue weighted by molar-refractivity contribution is 6.32. The molecule has 3 rings (SSSR count). The summed E-state index contributed by atoms with van der Waals surface area (Å²) in [6, 6.07) is 3.66. The Morgan fingerprint density at radius 1 is 1.39 bits per heavy atom. The molecule has 1 N–H and O–H groups in total. The number of benzene rings is 1. The molecule has 2 heterocycles. The Hall–Kier alpha value is -1.79. The fourth-order valence-electron chi connectivity index (χ4n) is 1.79. The topological polar surface area (TPSA) is 69.4 Å². The Morgan fingerprint density at radius 3 is 3.06 bits per heavy atom. The van der Waals surface area contributed by atoms with Crippen LogP contribution in [0.25, 0.3) is 0 Å². The number of aromatic nitrogens is 3. The first-order valence-corrected chi connectivity index (χ1v) is 5.72. The Labute approximate surface area is 108 Å². The van der Waals surface area contributed by atoms with E-state index in [9.17, 15) is 0 Å². The molecule has 0 atom stereocenters. The molecule has 2 aromatic rings. The molecule has 1 aromatic heterocycles. The molecular formula is C11H10ClN3O3. The van der Waals surface area contributed by atoms with Crippen molar-refractivity contribution < 1.29 is 14.6 Å². The van der Waals surface area contributed by atoms with Gasteiger partial charge >= 0.3 is 0 Å². The highest BCUT2D eigenvalue weighted by atomic mass is 35.5. The van der Waals surface area contributed by atoms with Gasteiger partial charge in [-0.05, 0) is 17.7 Å². The van der Waals surface area contributed by atoms with Crippen molar-refractivity contribution in [2.24, 2.45) is 0 Å². The standard InChI is InChI=1S/C11H10ClN3O3/c12-9-1-7(2-10-11(9)18-6-17-10)3-15-4-8(5-16)13-14-15/h1-2,4,16H,3,5-6H2. The number of rotatable bonds is 3. The zero-order valence-corrected chi connectivity index (χ0v) is 10.1. The minimum Gasteiger partial charge on any atom is -0.454 e. The summed E-state index contributed by atoms with van der Waals surface area (Å²) in [7, 11) is 0. The lowest BCUT2D eigenvalue weighted by molar-refractivity contribution is 0.174. The molecule has 94 valence electrons. The summed E-state index contributed by atoms with van der Waals surface area (Å²) < 4.78 is 12.2. The molecule has 1 aliphatic heterocycles. The van der Waals surface area contributed by atoms with Crippen LogP contribution in [-0.2, 0) is 13.2 Å². The van der Waals surface area contributed by atoms with E-state index in [1.807, 2.05) is 6.07 Å². The zero-order chi connectivity index (χ0) is 12.5. The minimum absolute atomic E-state index is 0.123. The molecule has 0 bridgehead atoms. The average molecular weight is 268 g/mol. The van der Waals surface area contributed by atoms with Crippen molar-refractivity contribution in [3.05, 3.63) is 34.6 Å². The lowest BCUT2D eigenvalue weighted by Crippen LogP contribution is -2.00. The maximum atomic E-state index is 8.91. The van der Waals surface area contributed by atoms with Crippen molar-refractivity contribution in [1.82, 2.24) is 15.0 Å². The van der Waals surface area contributed by atoms with Gasteiger partial charge in [0.2, 0.25) is 6.79 Å². The number of nitrogens with zero attached hydrogens (tertiary/aromatic N) is 3. The molecule has 18 heavy (non-hydrogen) atoms. The molecule has 0 radical (unpaired) electrons. The molecule has 6 nitrogen and oxygen atoms in total. The van der Waals surface area contributed by atoms with E-state index in [0.29, 0.717) is 28.8 Å². The van der Waals surface area contributed by atoms with Crippen LogP contribution in [0.15, 0.2) is 18.3 Å². The van der Waals surface area contributed by atoms with Crippen LogP contribution >= 0.6 is 11.6 Å². The van der Waals surface area contributed by atoms with E-state index in [2.05, 4.69) is 10.3 Å². The molecule has 0 saturated heterocycles. The number of hydrogen-bond donors (Lipinski definition) is 1. The second-order valence-corrected chi connectivity index (χ2v) is 4.28. The number of aliphatic hydroxyl groups is 1. The fourth-order valence-corrected chi connectivity index (χ4v) is 2.08. The monoisotopic (exact) mass is 267 g/mol. The van der Waals surface area contributed by atoms with Gasteiger partial charge in [0.15, 0.2) is 11.5 Å². The van der Waals surface area contributed by atoms with Crippen molar-refractivity contribution >= 4 is 11.6 Å². The van der Waals surface area contributed by atoms with Crippen LogP contribution < -0.4 is 9.47 Å². The number of fused-ring (bicyclic) bond motifs is 1. The molecule has 7 heteroatoms. The van der Waals surface area contributed by atoms with E-state index in [0.717, 1.165) is 5.56 Å². The average Bonchev–Trinajstić information content (AvgIpc) is 2.97. The third-order valence-corrected chi connectivity index (χ3v) is 2.86. The van der Waals surface area contributed by atoms with E-state index in [1.165, 1.54) is 0 Å². The smallest absolute Gasteiger partial charge is 0.231 e. The van der Waals surface area contributed by atoms with Gasteiger partial charge in [-0.3, -0.25) is 0 Å². The van der Waals surface area contributed by atoms with Gasteiger partial charge in [-0.1, -0.05) is 16.8 Å². The van der Waals surface area contributed by atoms with Crippen LogP contribution in [0.1, 0.15) is 11.3 Å². The molecular weight excluding hydrogens is 258 g/mol. The van der Waals surface area contributed by atoms with E-state index in [1.54, 1.807) is 16.9 Å². The number of ether oxygens (including phenoxy) is 2. The highest BCUT2D eigenvalue weighted by Crippen LogP contribution is 2.39. The van der Waals surface area contributed by atoms with Crippen molar-refractivity contribution in [3.63, 3.8) is 0 Å². The van der Waals surface area contributed by atoms with Gasteiger partial charge in [0, 0.05) is 0 Å². The van der Waals surface area contributed by atoms with Crippen molar-refractivity contribution in [1.29, 1.82) is 0 Å². The molecule has 0 aliphatic carbocycles. The predicted octanol–water partition coefficient (Wildman–Crippen LogP) is 1.20. The summed E-state index contributed by atoms with van der Waals surface area (Å²) in [6.07, 6.45) is 1.68. The van der Waals surface area contributed by atoms with Crippen LogP contribution in [0.4, 0.5) is 0 Å². The van der Waals surface area contributed by atoms with E-state index in [4.69, 9.17) is 26.2 Å². The maximum absolute atomic E-state index is 8.91. The van der Waals surface area contributed by atoms with Crippen molar-refractivity contribution in [2.45, 2.75) is 13.2 Å². The first kappa shape index (κ1) is 11.3. The minimum atomic E-state index is -0.123. The van der Waals surface area contributed by atoms with Crippen LogP contribution in [0, 0.1) is 0 Å². The first-order valence-electron chi connectivity index (χ1n) is 5.34. The molecule has 1 aromatic carbocycles. The van der Waals surface area contributed by atoms with E-state index >= 15 is 0 Å². The Kier molecular flexibility index (Phi) is 2.81. The third-order valence-electron chi connectivity index (χ3n) is 2.58. The summed E-state index contributed by atoms with van der Waals surface area (Å²) >= 11 is 6.08. The molecule has 0 saturated carbocycles. The second kappa shape index (κ2) is 4.47. The van der Waals surface area contributed by atoms with Gasteiger partial charge in [0.1, 0.15) is 5.69 Å². The molecule has 0 spiro atoms. The maximum Gasteiger partial charge on any atom is 0.231 e. The predicted molar refractivity (Wildman–Crippen MR) is 62.6 cm³/mol. The van der Waals surface area contributed by atoms with Gasteiger partial charge in [-0.25, -0.2) is 4.68 Å². The Bertz CT molecular complexity index is 585. The van der Waals surface area contributed by atoms with Crippen molar-refractivity contribution in [2.75, 3.05) is 6.79 Å². The van der Waals surface area contributed by atoms with Gasteiger partial charge in [0.25, 0.3) is 0 Å². The quantitative estimate of drug-likeness (QED) is 0.905. The van der Waals surface area contributed by atoms with Crippen LogP contribution in [-0.4, -0.2) is 26.9 Å². The van der Waals surface area contributed by atoms with Crippen molar-refractivity contribution in [3.8, 4) is 11.5 Å². The summed E-state index contributed by atoms with van der Waals surface area (Å²) in [6.45, 7) is 0.571. The molecule has 0 fully saturated rings. The Balaban J connectivity index is 1.87. The van der Waals surface area contributed by atoms with Crippen LogP contribution in [0.3, 0.4) is 0 Å². The van der Waals surface area contributed by atoms with Gasteiger partial charge in [-0.2, -0.15) is 0 Å². The summed E-state index contributed by atoms with van der Waals surface area (Å²) in [5.41, 5.74) is 1.46. The van der Waals surface area contributed by atoms with E-state index < -0.39 is 0 Å². The number of halogens is 1. The van der Waals surface area contributed by atoms with Gasteiger partial charge in [-0.15, -0.1) is 5.10 Å². The van der Waals surface area contributed by atoms with Crippen LogP contribution in [0.2, 0.25) is 5.02 Å². The van der Waals surface area contributed by atoms with E-state index in [-0.39, 0.29) is 13.4 Å². The normalized spacial score (nSPS) is 13.0. The zero-order valence-electron chi connectivity index (χ0n) is 9.34. The second-order valence-electron chi connectivity index (χ2n) is 3.88. The molecule has 0 unspecified atom stereocenters. The molecule has 1 aliphatic rings. The largest absolute Gasteiger partial charge is 0.454 e. The van der Waals surface area contributed by atoms with Crippen LogP contribution in [0.5, 0.6) is 11.5 Å². The SMILES string of the molecule is OCc1cn(Cc2cc(Cl)c3c(c2)OCO3)nn1. The number of aliphatic hydroxyl groups excluding tert-OH is 1. The summed E-state index contributed by atoms with van der Waals surface area (Å²) in [5, 5.41) is 17.1. The number of hydrogen-bond acceptors (Lipinski definition) is 5.